The quantitative estimate of drug-likeness (QED) is 0.385. The third kappa shape index (κ3) is 1.59. The Kier molecular flexibility index (Phi) is 3.63. The van der Waals surface area contributed by atoms with Gasteiger partial charge in [0.15, 0.2) is 13.2 Å². The van der Waals surface area contributed by atoms with Crippen LogP contribution >= 0.6 is 0 Å². The van der Waals surface area contributed by atoms with Gasteiger partial charge in [-0.1, -0.05) is 6.58 Å². The van der Waals surface area contributed by atoms with E-state index >= 15 is 0 Å². The Hall–Kier alpha value is -0.320. The van der Waals surface area contributed by atoms with Gasteiger partial charge in [-0.15, -0.1) is 4.68 Å². The minimum absolute atomic E-state index is 0. The lowest BCUT2D eigenvalue weighted by molar-refractivity contribution is -0.751. The van der Waals surface area contributed by atoms with Crippen molar-refractivity contribution in [1.29, 1.82) is 0 Å². The first-order chi connectivity index (χ1) is 4.25. The van der Waals surface area contributed by atoms with E-state index in [0.29, 0.717) is 0 Å². The third-order valence-electron chi connectivity index (χ3n) is 1.52. The zero-order valence-electron chi connectivity index (χ0n) is 6.21. The van der Waals surface area contributed by atoms with Crippen LogP contribution in [0, 0.1) is 0 Å². The van der Waals surface area contributed by atoms with E-state index in [4.69, 9.17) is 0 Å². The first-order valence-electron chi connectivity index (χ1n) is 2.90. The summed E-state index contributed by atoms with van der Waals surface area (Å²) < 4.78 is 4.02. The molecule has 0 aliphatic rings. The molecule has 0 aliphatic heterocycles. The summed E-state index contributed by atoms with van der Waals surface area (Å²) in [5.41, 5.74) is 1.14. The fraction of sp³-hybridized carbons (Fsp3) is 0.286. The zero-order chi connectivity index (χ0) is 6.85. The second-order valence-electron chi connectivity index (χ2n) is 2.04. The topological polar surface area (TPSA) is 8.81 Å². The number of aryl methyl sites for hydroxylation is 1. The Morgan fingerprint density at radius 3 is 2.50 bits per heavy atom. The van der Waals surface area contributed by atoms with Crippen molar-refractivity contribution >= 4 is 6.08 Å². The largest absolute Gasteiger partial charge is 1.00 e. The van der Waals surface area contributed by atoms with Crippen LogP contribution in [0.5, 0.6) is 0 Å². The molecule has 0 spiro atoms. The maximum Gasteiger partial charge on any atom is 0.195 e. The number of rotatable bonds is 1. The molecule has 0 N–H and O–H groups in total. The molecular weight excluding hydrogens is 239 g/mol. The molecule has 0 radical (unpaired) electrons. The molecule has 56 valence electrons. The highest BCUT2D eigenvalue weighted by atomic mass is 127. The average molecular weight is 250 g/mol. The molecule has 0 fully saturated rings. The van der Waals surface area contributed by atoms with Gasteiger partial charge >= 0.3 is 0 Å². The fourth-order valence-corrected chi connectivity index (χ4v) is 0.774. The van der Waals surface area contributed by atoms with Gasteiger partial charge < -0.3 is 24.0 Å². The molecule has 10 heavy (non-hydrogen) atoms. The van der Waals surface area contributed by atoms with Crippen molar-refractivity contribution in [2.75, 3.05) is 0 Å². The molecule has 0 saturated carbocycles. The number of aromatic nitrogens is 2. The summed E-state index contributed by atoms with van der Waals surface area (Å²) in [6, 6.07) is 2.02. The van der Waals surface area contributed by atoms with Crippen LogP contribution in [0.4, 0.5) is 0 Å². The third-order valence-corrected chi connectivity index (χ3v) is 1.52. The maximum atomic E-state index is 3.67. The van der Waals surface area contributed by atoms with E-state index in [9.17, 15) is 0 Å². The summed E-state index contributed by atoms with van der Waals surface area (Å²) in [6.45, 7) is 3.67. The molecule has 0 unspecified atom stereocenters. The lowest BCUT2D eigenvalue weighted by atomic mass is 10.4. The number of hydrogen-bond acceptors (Lipinski definition) is 0. The van der Waals surface area contributed by atoms with Gasteiger partial charge in [0.1, 0.15) is 5.69 Å². The normalized spacial score (nSPS) is 8.60. The van der Waals surface area contributed by atoms with Crippen LogP contribution in [-0.4, -0.2) is 4.68 Å². The molecule has 0 amide bonds. The van der Waals surface area contributed by atoms with Crippen molar-refractivity contribution in [2.24, 2.45) is 14.1 Å². The summed E-state index contributed by atoms with van der Waals surface area (Å²) in [4.78, 5) is 0. The minimum Gasteiger partial charge on any atom is -1.00 e. The first-order valence-corrected chi connectivity index (χ1v) is 2.90. The van der Waals surface area contributed by atoms with Crippen LogP contribution in [0.15, 0.2) is 18.8 Å². The Morgan fingerprint density at radius 2 is 2.30 bits per heavy atom. The maximum absolute atomic E-state index is 3.67. The molecule has 1 aromatic heterocycles. The van der Waals surface area contributed by atoms with E-state index in [0.717, 1.165) is 5.69 Å². The highest BCUT2D eigenvalue weighted by Gasteiger charge is 2.00. The van der Waals surface area contributed by atoms with Crippen molar-refractivity contribution in [3.05, 3.63) is 24.5 Å². The van der Waals surface area contributed by atoms with Crippen LogP contribution in [-0.2, 0) is 14.1 Å². The molecular formula is C7H11IN2. The highest BCUT2D eigenvalue weighted by molar-refractivity contribution is 5.39. The summed E-state index contributed by atoms with van der Waals surface area (Å²) in [5, 5.41) is 0. The summed E-state index contributed by atoms with van der Waals surface area (Å²) in [5.74, 6) is 0. The van der Waals surface area contributed by atoms with Crippen molar-refractivity contribution in [3.63, 3.8) is 0 Å². The molecule has 0 aromatic carbocycles. The molecule has 1 heterocycles. The minimum atomic E-state index is 0. The van der Waals surface area contributed by atoms with E-state index in [1.807, 2.05) is 41.8 Å². The summed E-state index contributed by atoms with van der Waals surface area (Å²) in [6.07, 6.45) is 3.83. The Labute approximate surface area is 78.2 Å². The van der Waals surface area contributed by atoms with Gasteiger partial charge in [-0.2, -0.15) is 4.68 Å². The molecule has 0 aliphatic carbocycles. The van der Waals surface area contributed by atoms with Crippen LogP contribution in [0.3, 0.4) is 0 Å². The van der Waals surface area contributed by atoms with Gasteiger partial charge in [0, 0.05) is 6.07 Å². The molecule has 0 atom stereocenters. The van der Waals surface area contributed by atoms with E-state index in [1.54, 1.807) is 0 Å². The molecule has 1 rings (SSSR count). The SMILES string of the molecule is C=Cc1cc[n+](C)n1C.[I-]. The smallest absolute Gasteiger partial charge is 0.195 e. The van der Waals surface area contributed by atoms with E-state index in [-0.39, 0.29) is 24.0 Å². The lowest BCUT2D eigenvalue weighted by Gasteiger charge is -1.89. The molecule has 0 saturated heterocycles. The van der Waals surface area contributed by atoms with Crippen LogP contribution in [0.25, 0.3) is 6.08 Å². The monoisotopic (exact) mass is 250 g/mol. The fourth-order valence-electron chi connectivity index (χ4n) is 0.774. The van der Waals surface area contributed by atoms with Crippen molar-refractivity contribution in [1.82, 2.24) is 4.68 Å². The molecule has 3 heteroatoms. The highest BCUT2D eigenvalue weighted by Crippen LogP contribution is 1.93. The Morgan fingerprint density at radius 1 is 1.70 bits per heavy atom. The molecule has 0 bridgehead atoms. The first kappa shape index (κ1) is 9.68. The standard InChI is InChI=1S/C7H11N2.HI/c1-4-7-5-6-8(2)9(7)3;/h4-6H,1H2,2-3H3;1H/q+1;/p-1. The Bertz CT molecular complexity index is 228. The predicted octanol–water partition coefficient (Wildman–Crippen LogP) is -2.50. The number of hydrogen-bond donors (Lipinski definition) is 0. The second-order valence-corrected chi connectivity index (χ2v) is 2.04. The van der Waals surface area contributed by atoms with E-state index in [1.165, 1.54) is 0 Å². The van der Waals surface area contributed by atoms with Gasteiger partial charge in [0.25, 0.3) is 0 Å². The van der Waals surface area contributed by atoms with Gasteiger partial charge in [-0.05, 0) is 6.08 Å². The van der Waals surface area contributed by atoms with Gasteiger partial charge in [-0.25, -0.2) is 0 Å². The van der Waals surface area contributed by atoms with Crippen LogP contribution in [0.2, 0.25) is 0 Å². The van der Waals surface area contributed by atoms with Crippen molar-refractivity contribution < 1.29 is 28.7 Å². The number of nitrogens with zero attached hydrogens (tertiary/aromatic N) is 2. The van der Waals surface area contributed by atoms with Gasteiger partial charge in [-0.3, -0.25) is 0 Å². The van der Waals surface area contributed by atoms with Crippen LogP contribution in [0.1, 0.15) is 5.69 Å². The lowest BCUT2D eigenvalue weighted by Crippen LogP contribution is -3.00. The zero-order valence-corrected chi connectivity index (χ0v) is 8.37. The summed E-state index contributed by atoms with van der Waals surface area (Å²) >= 11 is 0. The second kappa shape index (κ2) is 3.75. The van der Waals surface area contributed by atoms with E-state index in [2.05, 4.69) is 6.58 Å². The summed E-state index contributed by atoms with van der Waals surface area (Å²) in [7, 11) is 3.99. The predicted molar refractivity (Wildman–Crippen MR) is 36.7 cm³/mol. The van der Waals surface area contributed by atoms with E-state index < -0.39 is 0 Å². The molecule has 1 aromatic rings. The number of halogens is 1. The average Bonchev–Trinajstić information content (AvgIpc) is 2.15. The van der Waals surface area contributed by atoms with Gasteiger partial charge in [0.05, 0.1) is 7.05 Å². The van der Waals surface area contributed by atoms with Crippen molar-refractivity contribution in [2.45, 2.75) is 0 Å². The molecule has 2 nitrogen and oxygen atoms in total. The van der Waals surface area contributed by atoms with Crippen molar-refractivity contribution in [3.8, 4) is 0 Å². The Balaban J connectivity index is 0.000000810. The van der Waals surface area contributed by atoms with Gasteiger partial charge in [0.2, 0.25) is 0 Å². The van der Waals surface area contributed by atoms with Crippen LogP contribution < -0.4 is 28.7 Å².